The number of ether oxygens (including phenoxy) is 1. The molecule has 3 aromatic carbocycles. The lowest BCUT2D eigenvalue weighted by molar-refractivity contribution is 0.306. The van der Waals surface area contributed by atoms with Crippen molar-refractivity contribution in [3.8, 4) is 16.9 Å². The van der Waals surface area contributed by atoms with Gasteiger partial charge in [0.15, 0.2) is 0 Å². The molecule has 5 rings (SSSR count). The second kappa shape index (κ2) is 8.39. The van der Waals surface area contributed by atoms with Crippen LogP contribution in [0.3, 0.4) is 0 Å². The summed E-state index contributed by atoms with van der Waals surface area (Å²) < 4.78 is 29.7. The fourth-order valence-corrected chi connectivity index (χ4v) is 3.94. The summed E-state index contributed by atoms with van der Waals surface area (Å²) in [5.74, 6) is -0.0373. The maximum atomic E-state index is 13.2. The van der Waals surface area contributed by atoms with Crippen LogP contribution in [0.1, 0.15) is 5.56 Å². The largest absolute Gasteiger partial charge is 0.489 e. The van der Waals surface area contributed by atoms with Crippen molar-refractivity contribution in [2.75, 3.05) is 0 Å². The number of halogens is 3. The van der Waals surface area contributed by atoms with Gasteiger partial charge >= 0.3 is 11.3 Å². The standard InChI is InChI=1S/C25H13Cl2FO5/c26-15-2-6-22-14(7-15)8-20(25(30)33-22)19-11-24(29)32-23-10-17(4-5-18(19)23)31-12-13-1-3-16(28)9-21(13)27/h1-11H,12H2. The predicted molar refractivity (Wildman–Crippen MR) is 125 cm³/mol. The van der Waals surface area contributed by atoms with Crippen molar-refractivity contribution < 1.29 is 18.0 Å². The highest BCUT2D eigenvalue weighted by atomic mass is 35.5. The summed E-state index contributed by atoms with van der Waals surface area (Å²) in [5, 5.41) is 1.88. The monoisotopic (exact) mass is 482 g/mol. The Hall–Kier alpha value is -3.61. The van der Waals surface area contributed by atoms with Crippen LogP contribution in [-0.4, -0.2) is 0 Å². The molecule has 0 bridgehead atoms. The molecule has 0 atom stereocenters. The van der Waals surface area contributed by atoms with Crippen molar-refractivity contribution in [2.24, 2.45) is 0 Å². The van der Waals surface area contributed by atoms with Gasteiger partial charge in [-0.15, -0.1) is 0 Å². The summed E-state index contributed by atoms with van der Waals surface area (Å²) in [6.07, 6.45) is 0. The summed E-state index contributed by atoms with van der Waals surface area (Å²) in [7, 11) is 0. The molecule has 0 spiro atoms. The highest BCUT2D eigenvalue weighted by Gasteiger charge is 2.15. The van der Waals surface area contributed by atoms with E-state index in [2.05, 4.69) is 0 Å². The summed E-state index contributed by atoms with van der Waals surface area (Å²) >= 11 is 12.1. The molecule has 2 heterocycles. The molecule has 2 aromatic heterocycles. The van der Waals surface area contributed by atoms with E-state index < -0.39 is 17.1 Å². The van der Waals surface area contributed by atoms with Crippen LogP contribution >= 0.6 is 23.2 Å². The normalized spacial score (nSPS) is 11.2. The third-order valence-corrected chi connectivity index (χ3v) is 5.70. The molecule has 8 heteroatoms. The quantitative estimate of drug-likeness (QED) is 0.270. The van der Waals surface area contributed by atoms with Crippen molar-refractivity contribution in [2.45, 2.75) is 6.61 Å². The van der Waals surface area contributed by atoms with Crippen molar-refractivity contribution in [3.05, 3.63) is 109 Å². The van der Waals surface area contributed by atoms with Crippen LogP contribution in [-0.2, 0) is 6.61 Å². The van der Waals surface area contributed by atoms with E-state index in [0.29, 0.717) is 38.3 Å². The summed E-state index contributed by atoms with van der Waals surface area (Å²) in [6, 6.07) is 16.7. The van der Waals surface area contributed by atoms with Gasteiger partial charge in [0.05, 0.1) is 10.6 Å². The van der Waals surface area contributed by atoms with Gasteiger partial charge in [0.25, 0.3) is 0 Å². The van der Waals surface area contributed by atoms with Crippen LogP contribution in [0.2, 0.25) is 10.0 Å². The zero-order valence-electron chi connectivity index (χ0n) is 16.7. The fraction of sp³-hybridized carbons (Fsp3) is 0.0400. The molecule has 0 radical (unpaired) electrons. The molecule has 0 aliphatic heterocycles. The van der Waals surface area contributed by atoms with E-state index in [0.717, 1.165) is 0 Å². The molecule has 164 valence electrons. The third kappa shape index (κ3) is 4.23. The van der Waals surface area contributed by atoms with Crippen molar-refractivity contribution in [1.29, 1.82) is 0 Å². The average molecular weight is 483 g/mol. The Balaban J connectivity index is 1.56. The predicted octanol–water partition coefficient (Wildman–Crippen LogP) is 6.59. The van der Waals surface area contributed by atoms with Crippen molar-refractivity contribution in [1.82, 2.24) is 0 Å². The fourth-order valence-electron chi connectivity index (χ4n) is 3.54. The minimum Gasteiger partial charge on any atom is -0.489 e. The molecule has 5 nitrogen and oxygen atoms in total. The highest BCUT2D eigenvalue weighted by Crippen LogP contribution is 2.31. The highest BCUT2D eigenvalue weighted by molar-refractivity contribution is 6.31. The lowest BCUT2D eigenvalue weighted by Crippen LogP contribution is -2.06. The number of benzene rings is 3. The Kier molecular flexibility index (Phi) is 5.40. The SMILES string of the molecule is O=c1cc(-c2cc3cc(Cl)ccc3oc2=O)c2ccc(OCc3ccc(F)cc3Cl)cc2o1. The smallest absolute Gasteiger partial charge is 0.344 e. The molecule has 0 aliphatic rings. The average Bonchev–Trinajstić information content (AvgIpc) is 2.77. The molecule has 0 amide bonds. The number of rotatable bonds is 4. The Labute approximate surface area is 195 Å². The van der Waals surface area contributed by atoms with Crippen LogP contribution in [0, 0.1) is 5.82 Å². The van der Waals surface area contributed by atoms with Crippen molar-refractivity contribution in [3.63, 3.8) is 0 Å². The maximum Gasteiger partial charge on any atom is 0.344 e. The van der Waals surface area contributed by atoms with E-state index in [-0.39, 0.29) is 22.8 Å². The molecule has 33 heavy (non-hydrogen) atoms. The summed E-state index contributed by atoms with van der Waals surface area (Å²) in [4.78, 5) is 24.9. The molecule has 0 fully saturated rings. The van der Waals surface area contributed by atoms with Crippen molar-refractivity contribution >= 4 is 45.1 Å². The third-order valence-electron chi connectivity index (χ3n) is 5.11. The minimum atomic E-state index is -0.637. The molecule has 0 saturated heterocycles. The molecule has 0 N–H and O–H groups in total. The molecule has 0 aliphatic carbocycles. The van der Waals surface area contributed by atoms with Gasteiger partial charge in [0.1, 0.15) is 29.3 Å². The van der Waals surface area contributed by atoms with E-state index in [4.69, 9.17) is 36.8 Å². The first-order chi connectivity index (χ1) is 15.9. The summed E-state index contributed by atoms with van der Waals surface area (Å²) in [6.45, 7) is 0.0869. The first-order valence-corrected chi connectivity index (χ1v) is 10.5. The minimum absolute atomic E-state index is 0.0869. The van der Waals surface area contributed by atoms with Crippen LogP contribution < -0.4 is 16.0 Å². The van der Waals surface area contributed by atoms with Crippen LogP contribution in [0.25, 0.3) is 33.1 Å². The Morgan fingerprint density at radius 2 is 1.67 bits per heavy atom. The molecule has 0 saturated carbocycles. The van der Waals surface area contributed by atoms with Gasteiger partial charge in [0, 0.05) is 39.1 Å². The van der Waals surface area contributed by atoms with Gasteiger partial charge in [-0.25, -0.2) is 14.0 Å². The first kappa shape index (κ1) is 21.2. The molecular weight excluding hydrogens is 470 g/mol. The number of fused-ring (bicyclic) bond motifs is 2. The number of hydrogen-bond acceptors (Lipinski definition) is 5. The van der Waals surface area contributed by atoms with E-state index in [1.165, 1.54) is 30.3 Å². The van der Waals surface area contributed by atoms with Gasteiger partial charge in [-0.05, 0) is 48.5 Å². The van der Waals surface area contributed by atoms with E-state index in [1.54, 1.807) is 36.4 Å². The van der Waals surface area contributed by atoms with Crippen LogP contribution in [0.5, 0.6) is 5.75 Å². The molecular formula is C25H13Cl2FO5. The van der Waals surface area contributed by atoms with Gasteiger partial charge in [-0.1, -0.05) is 29.3 Å². The van der Waals surface area contributed by atoms with E-state index in [1.807, 2.05) is 0 Å². The topological polar surface area (TPSA) is 69.7 Å². The first-order valence-electron chi connectivity index (χ1n) is 9.76. The maximum absolute atomic E-state index is 13.2. The van der Waals surface area contributed by atoms with Gasteiger partial charge in [-0.3, -0.25) is 0 Å². The van der Waals surface area contributed by atoms with Gasteiger partial charge in [0.2, 0.25) is 0 Å². The molecule has 5 aromatic rings. The second-order valence-electron chi connectivity index (χ2n) is 7.29. The van der Waals surface area contributed by atoms with E-state index >= 15 is 0 Å². The van der Waals surface area contributed by atoms with E-state index in [9.17, 15) is 14.0 Å². The Bertz CT molecular complexity index is 1660. The lowest BCUT2D eigenvalue weighted by atomic mass is 10.0. The number of hydrogen-bond donors (Lipinski definition) is 0. The lowest BCUT2D eigenvalue weighted by Gasteiger charge is -2.10. The van der Waals surface area contributed by atoms with Crippen LogP contribution in [0.4, 0.5) is 4.39 Å². The van der Waals surface area contributed by atoms with Gasteiger partial charge < -0.3 is 13.6 Å². The summed E-state index contributed by atoms with van der Waals surface area (Å²) in [5.41, 5.74) is 0.548. The Morgan fingerprint density at radius 3 is 2.48 bits per heavy atom. The molecule has 0 unspecified atom stereocenters. The zero-order chi connectivity index (χ0) is 23.1. The van der Waals surface area contributed by atoms with Crippen LogP contribution in [0.15, 0.2) is 85.2 Å². The Morgan fingerprint density at radius 1 is 0.818 bits per heavy atom. The zero-order valence-corrected chi connectivity index (χ0v) is 18.2. The van der Waals surface area contributed by atoms with Gasteiger partial charge in [-0.2, -0.15) is 0 Å². The second-order valence-corrected chi connectivity index (χ2v) is 8.13.